The molecule has 0 saturated heterocycles. The summed E-state index contributed by atoms with van der Waals surface area (Å²) in [5.41, 5.74) is 0.426. The Labute approximate surface area is 126 Å². The molecule has 1 aromatic carbocycles. The Kier molecular flexibility index (Phi) is 6.51. The van der Waals surface area contributed by atoms with Crippen molar-refractivity contribution in [3.63, 3.8) is 0 Å². The second-order valence-corrected chi connectivity index (χ2v) is 5.04. The Morgan fingerprint density at radius 3 is 2.60 bits per heavy atom. The third-order valence-electron chi connectivity index (χ3n) is 2.78. The van der Waals surface area contributed by atoms with Crippen LogP contribution in [0.3, 0.4) is 0 Å². The molecule has 1 aromatic rings. The van der Waals surface area contributed by atoms with Gasteiger partial charge in [-0.25, -0.2) is 4.79 Å². The Hall–Kier alpha value is -1.56. The summed E-state index contributed by atoms with van der Waals surface area (Å²) in [6.45, 7) is 1.94. The lowest BCUT2D eigenvalue weighted by Crippen LogP contribution is -2.41. The zero-order chi connectivity index (χ0) is 15.1. The van der Waals surface area contributed by atoms with Crippen molar-refractivity contribution in [2.75, 3.05) is 14.2 Å². The minimum atomic E-state index is -0.632. The van der Waals surface area contributed by atoms with Crippen LogP contribution in [0.5, 0.6) is 5.75 Å². The van der Waals surface area contributed by atoms with Gasteiger partial charge in [-0.1, -0.05) is 13.3 Å². The van der Waals surface area contributed by atoms with Crippen molar-refractivity contribution in [3.05, 3.63) is 28.2 Å². The van der Waals surface area contributed by atoms with Gasteiger partial charge in [-0.15, -0.1) is 0 Å². The van der Waals surface area contributed by atoms with Crippen molar-refractivity contribution in [2.24, 2.45) is 0 Å². The van der Waals surface area contributed by atoms with Crippen molar-refractivity contribution in [3.8, 4) is 5.75 Å². The molecule has 1 rings (SSSR count). The van der Waals surface area contributed by atoms with Gasteiger partial charge >= 0.3 is 5.97 Å². The van der Waals surface area contributed by atoms with E-state index in [1.165, 1.54) is 14.2 Å². The van der Waals surface area contributed by atoms with Crippen LogP contribution >= 0.6 is 15.9 Å². The number of benzene rings is 1. The van der Waals surface area contributed by atoms with Gasteiger partial charge in [0.1, 0.15) is 11.8 Å². The van der Waals surface area contributed by atoms with Crippen molar-refractivity contribution in [2.45, 2.75) is 25.8 Å². The molecule has 20 heavy (non-hydrogen) atoms. The quantitative estimate of drug-likeness (QED) is 0.806. The SMILES string of the molecule is CCC[C@@H](NC(=O)c1ccc(Br)c(OC)c1)C(=O)OC. The fraction of sp³-hybridized carbons (Fsp3) is 0.429. The molecule has 0 fully saturated rings. The first-order valence-corrected chi connectivity index (χ1v) is 7.05. The number of halogens is 1. The number of methoxy groups -OCH3 is 2. The Bertz CT molecular complexity index is 490. The summed E-state index contributed by atoms with van der Waals surface area (Å²) in [7, 11) is 2.83. The highest BCUT2D eigenvalue weighted by Gasteiger charge is 2.21. The fourth-order valence-electron chi connectivity index (χ4n) is 1.72. The molecule has 0 saturated carbocycles. The molecule has 1 amide bonds. The van der Waals surface area contributed by atoms with Crippen molar-refractivity contribution in [1.29, 1.82) is 0 Å². The monoisotopic (exact) mass is 343 g/mol. The van der Waals surface area contributed by atoms with E-state index < -0.39 is 12.0 Å². The van der Waals surface area contributed by atoms with Gasteiger partial charge in [0, 0.05) is 5.56 Å². The zero-order valence-electron chi connectivity index (χ0n) is 11.7. The summed E-state index contributed by atoms with van der Waals surface area (Å²) in [5.74, 6) is -0.216. The molecule has 0 aliphatic heterocycles. The van der Waals surface area contributed by atoms with Crippen LogP contribution in [-0.4, -0.2) is 32.1 Å². The van der Waals surface area contributed by atoms with Gasteiger partial charge in [0.25, 0.3) is 5.91 Å². The highest BCUT2D eigenvalue weighted by Crippen LogP contribution is 2.25. The average Bonchev–Trinajstić information content (AvgIpc) is 2.46. The second kappa shape index (κ2) is 7.89. The molecular formula is C14H18BrNO4. The van der Waals surface area contributed by atoms with Crippen LogP contribution in [0.4, 0.5) is 0 Å². The minimum absolute atomic E-state index is 0.334. The third kappa shape index (κ3) is 4.23. The largest absolute Gasteiger partial charge is 0.496 e. The molecule has 6 heteroatoms. The first kappa shape index (κ1) is 16.5. The zero-order valence-corrected chi connectivity index (χ0v) is 13.3. The van der Waals surface area contributed by atoms with Gasteiger partial charge in [0.05, 0.1) is 18.7 Å². The molecule has 0 heterocycles. The van der Waals surface area contributed by atoms with E-state index in [0.717, 1.165) is 10.9 Å². The van der Waals surface area contributed by atoms with Crippen LogP contribution in [0.1, 0.15) is 30.1 Å². The predicted octanol–water partition coefficient (Wildman–Crippen LogP) is 2.53. The van der Waals surface area contributed by atoms with Gasteiger partial charge < -0.3 is 14.8 Å². The molecule has 0 aliphatic rings. The molecule has 0 radical (unpaired) electrons. The first-order chi connectivity index (χ1) is 9.53. The molecule has 0 spiro atoms. The summed E-state index contributed by atoms with van der Waals surface area (Å²) in [6.07, 6.45) is 1.30. The van der Waals surface area contributed by atoms with E-state index >= 15 is 0 Å². The number of ether oxygens (including phenoxy) is 2. The van der Waals surface area contributed by atoms with Gasteiger partial charge in [-0.3, -0.25) is 4.79 Å². The number of esters is 1. The first-order valence-electron chi connectivity index (χ1n) is 6.25. The molecule has 110 valence electrons. The van der Waals surface area contributed by atoms with Crippen molar-refractivity contribution in [1.82, 2.24) is 5.32 Å². The van der Waals surface area contributed by atoms with Gasteiger partial charge in [0.2, 0.25) is 0 Å². The maximum atomic E-state index is 12.1. The lowest BCUT2D eigenvalue weighted by atomic mass is 10.1. The van der Waals surface area contributed by atoms with Crippen LogP contribution in [-0.2, 0) is 9.53 Å². The number of hydrogen-bond donors (Lipinski definition) is 1. The van der Waals surface area contributed by atoms with Crippen LogP contribution in [0, 0.1) is 0 Å². The number of nitrogens with one attached hydrogen (secondary N) is 1. The summed E-state index contributed by atoms with van der Waals surface area (Å²) in [5, 5.41) is 2.67. The Morgan fingerprint density at radius 2 is 2.05 bits per heavy atom. The van der Waals surface area contributed by atoms with E-state index in [1.54, 1.807) is 18.2 Å². The maximum absolute atomic E-state index is 12.1. The standard InChI is InChI=1S/C14H18BrNO4/c1-4-5-11(14(18)20-3)16-13(17)9-6-7-10(15)12(8-9)19-2/h6-8,11H,4-5H2,1-3H3,(H,16,17)/t11-/m1/s1. The average molecular weight is 344 g/mol. The highest BCUT2D eigenvalue weighted by molar-refractivity contribution is 9.10. The highest BCUT2D eigenvalue weighted by atomic mass is 79.9. The molecule has 5 nitrogen and oxygen atoms in total. The molecule has 0 aliphatic carbocycles. The Morgan fingerprint density at radius 1 is 1.35 bits per heavy atom. The topological polar surface area (TPSA) is 64.6 Å². The smallest absolute Gasteiger partial charge is 0.328 e. The van der Waals surface area contributed by atoms with Crippen LogP contribution in [0.15, 0.2) is 22.7 Å². The Balaban J connectivity index is 2.86. The van der Waals surface area contributed by atoms with E-state index in [1.807, 2.05) is 6.92 Å². The van der Waals surface area contributed by atoms with Crippen LogP contribution in [0.2, 0.25) is 0 Å². The van der Waals surface area contributed by atoms with Gasteiger partial charge in [0.15, 0.2) is 0 Å². The third-order valence-corrected chi connectivity index (χ3v) is 3.44. The summed E-state index contributed by atoms with van der Waals surface area (Å²) >= 11 is 3.32. The van der Waals surface area contributed by atoms with E-state index in [2.05, 4.69) is 26.0 Å². The maximum Gasteiger partial charge on any atom is 0.328 e. The summed E-state index contributed by atoms with van der Waals surface area (Å²) in [4.78, 5) is 23.7. The number of hydrogen-bond acceptors (Lipinski definition) is 4. The summed E-state index contributed by atoms with van der Waals surface area (Å²) in [6, 6.07) is 4.36. The van der Waals surface area contributed by atoms with Gasteiger partial charge in [-0.05, 0) is 40.5 Å². The number of rotatable bonds is 6. The molecule has 1 N–H and O–H groups in total. The molecule has 0 unspecified atom stereocenters. The van der Waals surface area contributed by atoms with E-state index in [4.69, 9.17) is 4.74 Å². The number of carbonyl (C=O) groups excluding carboxylic acids is 2. The molecular weight excluding hydrogens is 326 g/mol. The lowest BCUT2D eigenvalue weighted by Gasteiger charge is -2.16. The predicted molar refractivity (Wildman–Crippen MR) is 78.9 cm³/mol. The molecule has 0 aromatic heterocycles. The van der Waals surface area contributed by atoms with Crippen LogP contribution in [0.25, 0.3) is 0 Å². The van der Waals surface area contributed by atoms with Crippen LogP contribution < -0.4 is 10.1 Å². The number of carbonyl (C=O) groups is 2. The molecule has 0 bridgehead atoms. The van der Waals surface area contributed by atoms with E-state index in [0.29, 0.717) is 17.7 Å². The van der Waals surface area contributed by atoms with Crippen molar-refractivity contribution >= 4 is 27.8 Å². The van der Waals surface area contributed by atoms with E-state index in [9.17, 15) is 9.59 Å². The van der Waals surface area contributed by atoms with E-state index in [-0.39, 0.29) is 5.91 Å². The lowest BCUT2D eigenvalue weighted by molar-refractivity contribution is -0.143. The normalized spacial score (nSPS) is 11.6. The summed E-state index contributed by atoms with van der Waals surface area (Å²) < 4.78 is 10.6. The minimum Gasteiger partial charge on any atom is -0.496 e. The fourth-order valence-corrected chi connectivity index (χ4v) is 2.13. The van der Waals surface area contributed by atoms with Gasteiger partial charge in [-0.2, -0.15) is 0 Å². The van der Waals surface area contributed by atoms with Crippen molar-refractivity contribution < 1.29 is 19.1 Å². The number of amides is 1. The molecule has 1 atom stereocenters. The second-order valence-electron chi connectivity index (χ2n) is 4.19.